The molecule has 0 spiro atoms. The zero-order valence-electron chi connectivity index (χ0n) is 7.94. The molecular formula is C12H7N3. The summed E-state index contributed by atoms with van der Waals surface area (Å²) >= 11 is 0. The summed E-state index contributed by atoms with van der Waals surface area (Å²) in [7, 11) is 0. The maximum Gasteiger partial charge on any atom is 0.0991 e. The van der Waals surface area contributed by atoms with Gasteiger partial charge in [0, 0.05) is 17.4 Å². The lowest BCUT2D eigenvalue weighted by molar-refractivity contribution is 1.31. The van der Waals surface area contributed by atoms with E-state index in [-0.39, 0.29) is 0 Å². The predicted molar refractivity (Wildman–Crippen MR) is 59.6 cm³/mol. The van der Waals surface area contributed by atoms with Crippen molar-refractivity contribution in [3.8, 4) is 6.07 Å². The molecule has 0 aromatic heterocycles. The van der Waals surface area contributed by atoms with Crippen LogP contribution in [0.4, 0.5) is 5.69 Å². The zero-order chi connectivity index (χ0) is 10.3. The quantitative estimate of drug-likeness (QED) is 0.622. The molecule has 2 aliphatic rings. The predicted octanol–water partition coefficient (Wildman–Crippen LogP) is 2.11. The molecule has 0 radical (unpaired) electrons. The Morgan fingerprint density at radius 1 is 1.33 bits per heavy atom. The number of nitrogens with zero attached hydrogens (tertiary/aromatic N) is 3. The highest BCUT2D eigenvalue weighted by molar-refractivity contribution is 6.33. The van der Waals surface area contributed by atoms with Crippen LogP contribution in [0.2, 0.25) is 0 Å². The Morgan fingerprint density at radius 2 is 2.27 bits per heavy atom. The van der Waals surface area contributed by atoms with Crippen molar-refractivity contribution < 1.29 is 0 Å². The summed E-state index contributed by atoms with van der Waals surface area (Å²) in [4.78, 5) is 8.62. The number of allylic oxidation sites excluding steroid dienone is 1. The Balaban J connectivity index is 2.22. The van der Waals surface area contributed by atoms with Gasteiger partial charge in [0.15, 0.2) is 0 Å². The number of hydrogen-bond donors (Lipinski definition) is 0. The first-order valence-electron chi connectivity index (χ1n) is 4.71. The minimum atomic E-state index is 0.641. The van der Waals surface area contributed by atoms with Crippen LogP contribution in [0, 0.1) is 11.3 Å². The Bertz CT molecular complexity index is 571. The van der Waals surface area contributed by atoms with E-state index in [1.807, 2.05) is 18.2 Å². The molecule has 70 valence electrons. The average Bonchev–Trinajstić information content (AvgIpc) is 2.66. The van der Waals surface area contributed by atoms with E-state index in [2.05, 4.69) is 16.1 Å². The van der Waals surface area contributed by atoms with Gasteiger partial charge in [0.1, 0.15) is 0 Å². The van der Waals surface area contributed by atoms with E-state index >= 15 is 0 Å². The molecule has 0 bridgehead atoms. The first-order valence-corrected chi connectivity index (χ1v) is 4.71. The number of benzene rings is 1. The lowest BCUT2D eigenvalue weighted by Crippen LogP contribution is -2.06. The summed E-state index contributed by atoms with van der Waals surface area (Å²) in [6.07, 6.45) is 3.75. The third-order valence-corrected chi connectivity index (χ3v) is 2.57. The molecule has 0 aliphatic carbocycles. The molecule has 2 heterocycles. The summed E-state index contributed by atoms with van der Waals surface area (Å²) in [5.74, 6) is 0. The molecule has 0 saturated carbocycles. The van der Waals surface area contributed by atoms with Gasteiger partial charge in [0.05, 0.1) is 29.6 Å². The second kappa shape index (κ2) is 2.89. The van der Waals surface area contributed by atoms with Crippen LogP contribution in [-0.2, 0) is 0 Å². The molecule has 3 heteroatoms. The fourth-order valence-electron chi connectivity index (χ4n) is 1.85. The van der Waals surface area contributed by atoms with Crippen molar-refractivity contribution in [3.05, 3.63) is 35.4 Å². The Hall–Kier alpha value is -2.21. The van der Waals surface area contributed by atoms with Gasteiger partial charge in [0.25, 0.3) is 0 Å². The van der Waals surface area contributed by atoms with Crippen LogP contribution in [0.1, 0.15) is 11.1 Å². The maximum absolute atomic E-state index is 8.83. The van der Waals surface area contributed by atoms with Crippen molar-refractivity contribution in [2.45, 2.75) is 0 Å². The van der Waals surface area contributed by atoms with Crippen LogP contribution >= 0.6 is 0 Å². The van der Waals surface area contributed by atoms with Crippen molar-refractivity contribution >= 4 is 23.2 Å². The van der Waals surface area contributed by atoms with Crippen molar-refractivity contribution in [2.24, 2.45) is 9.98 Å². The van der Waals surface area contributed by atoms with Crippen LogP contribution in [0.15, 0.2) is 34.3 Å². The molecular weight excluding hydrogens is 186 g/mol. The van der Waals surface area contributed by atoms with Gasteiger partial charge < -0.3 is 0 Å². The second-order valence-electron chi connectivity index (χ2n) is 3.47. The monoisotopic (exact) mass is 193 g/mol. The zero-order valence-corrected chi connectivity index (χ0v) is 7.94. The van der Waals surface area contributed by atoms with Gasteiger partial charge in [-0.05, 0) is 24.3 Å². The first-order chi connectivity index (χ1) is 7.38. The Morgan fingerprint density at radius 3 is 3.13 bits per heavy atom. The summed E-state index contributed by atoms with van der Waals surface area (Å²) in [5, 5.41) is 8.83. The van der Waals surface area contributed by atoms with Gasteiger partial charge in [0.2, 0.25) is 0 Å². The number of rotatable bonds is 0. The fourth-order valence-corrected chi connectivity index (χ4v) is 1.85. The molecule has 0 amide bonds. The summed E-state index contributed by atoms with van der Waals surface area (Å²) < 4.78 is 0. The van der Waals surface area contributed by atoms with E-state index in [1.54, 1.807) is 12.3 Å². The molecule has 0 atom stereocenters. The third-order valence-electron chi connectivity index (χ3n) is 2.57. The molecule has 3 rings (SSSR count). The largest absolute Gasteiger partial charge is 0.287 e. The highest BCUT2D eigenvalue weighted by Gasteiger charge is 2.21. The van der Waals surface area contributed by atoms with E-state index in [0.717, 1.165) is 22.5 Å². The van der Waals surface area contributed by atoms with Crippen molar-refractivity contribution in [1.29, 1.82) is 5.26 Å². The minimum absolute atomic E-state index is 0.641. The lowest BCUT2D eigenvalue weighted by atomic mass is 10.00. The van der Waals surface area contributed by atoms with Crippen molar-refractivity contribution in [1.82, 2.24) is 0 Å². The Labute approximate surface area is 87.1 Å². The number of aliphatic imine (C=N–C) groups is 2. The lowest BCUT2D eigenvalue weighted by Gasteiger charge is -2.05. The topological polar surface area (TPSA) is 48.5 Å². The average molecular weight is 193 g/mol. The van der Waals surface area contributed by atoms with Crippen LogP contribution < -0.4 is 0 Å². The van der Waals surface area contributed by atoms with Gasteiger partial charge in [-0.2, -0.15) is 5.26 Å². The van der Waals surface area contributed by atoms with Crippen molar-refractivity contribution in [2.75, 3.05) is 6.54 Å². The molecule has 1 aromatic carbocycles. The number of nitriles is 1. The Kier molecular flexibility index (Phi) is 1.57. The van der Waals surface area contributed by atoms with E-state index < -0.39 is 0 Å². The highest BCUT2D eigenvalue weighted by atomic mass is 14.9. The van der Waals surface area contributed by atoms with Gasteiger partial charge in [-0.15, -0.1) is 0 Å². The number of dihydropyridines is 1. The SMILES string of the molecule is N#Cc1ccc2c(c1)C1=CC=NCC1=N2. The van der Waals surface area contributed by atoms with E-state index in [0.29, 0.717) is 12.1 Å². The maximum atomic E-state index is 8.83. The van der Waals surface area contributed by atoms with Crippen molar-refractivity contribution in [3.63, 3.8) is 0 Å². The van der Waals surface area contributed by atoms with Crippen LogP contribution in [0.5, 0.6) is 0 Å². The smallest absolute Gasteiger partial charge is 0.0991 e. The molecule has 3 nitrogen and oxygen atoms in total. The normalized spacial score (nSPS) is 16.2. The standard InChI is InChI=1S/C12H7N3/c13-6-8-1-2-11-10(5-8)9-3-4-14-7-12(9)15-11/h1-5H,7H2. The van der Waals surface area contributed by atoms with Gasteiger partial charge in [-0.25, -0.2) is 0 Å². The summed E-state index contributed by atoms with van der Waals surface area (Å²) in [5.41, 5.74) is 4.78. The first kappa shape index (κ1) is 8.13. The fraction of sp³-hybridized carbons (Fsp3) is 0.0833. The van der Waals surface area contributed by atoms with Crippen LogP contribution in [0.3, 0.4) is 0 Å². The second-order valence-corrected chi connectivity index (χ2v) is 3.47. The molecule has 15 heavy (non-hydrogen) atoms. The molecule has 2 aliphatic heterocycles. The molecule has 0 unspecified atom stereocenters. The summed E-state index contributed by atoms with van der Waals surface area (Å²) in [6, 6.07) is 7.71. The number of hydrogen-bond acceptors (Lipinski definition) is 3. The molecule has 0 N–H and O–H groups in total. The number of fused-ring (bicyclic) bond motifs is 3. The van der Waals surface area contributed by atoms with Gasteiger partial charge in [-0.1, -0.05) is 0 Å². The minimum Gasteiger partial charge on any atom is -0.287 e. The molecule has 0 saturated heterocycles. The van der Waals surface area contributed by atoms with Gasteiger partial charge in [-0.3, -0.25) is 9.98 Å². The molecule has 1 aromatic rings. The highest BCUT2D eigenvalue weighted by Crippen LogP contribution is 2.35. The van der Waals surface area contributed by atoms with E-state index in [4.69, 9.17) is 5.26 Å². The van der Waals surface area contributed by atoms with E-state index in [9.17, 15) is 0 Å². The van der Waals surface area contributed by atoms with E-state index in [1.165, 1.54) is 0 Å². The van der Waals surface area contributed by atoms with Crippen LogP contribution in [-0.4, -0.2) is 18.5 Å². The third kappa shape index (κ3) is 1.12. The molecule has 0 fully saturated rings. The van der Waals surface area contributed by atoms with Crippen LogP contribution in [0.25, 0.3) is 5.57 Å². The van der Waals surface area contributed by atoms with Gasteiger partial charge >= 0.3 is 0 Å². The summed E-state index contributed by atoms with van der Waals surface area (Å²) in [6.45, 7) is 0.641.